The van der Waals surface area contributed by atoms with E-state index in [4.69, 9.17) is 4.74 Å². The SMILES string of the molecule is CCCC(=O)OC(C)(C)/C=C/C(=O)[C@](C)(O)[C@H]1[C@H](O)C[C@@]2(C)[C@@H]3CC=C4[C@@H](C=C(O)C(=O)C4(C)C)[C@]3(C)C(=O)C[C@]12C. The van der Waals surface area contributed by atoms with Crippen molar-refractivity contribution in [2.45, 2.75) is 112 Å². The molecule has 3 N–H and O–H groups in total. The van der Waals surface area contributed by atoms with E-state index in [-0.39, 0.29) is 48.5 Å². The van der Waals surface area contributed by atoms with Gasteiger partial charge in [-0.1, -0.05) is 39.3 Å². The van der Waals surface area contributed by atoms with Gasteiger partial charge in [0.1, 0.15) is 17.0 Å². The number of allylic oxidation sites excluding steroid dienone is 4. The fourth-order valence-corrected chi connectivity index (χ4v) is 9.15. The molecular weight excluding hydrogens is 536 g/mol. The van der Waals surface area contributed by atoms with E-state index in [1.54, 1.807) is 27.7 Å². The first-order valence-corrected chi connectivity index (χ1v) is 15.2. The lowest BCUT2D eigenvalue weighted by Crippen LogP contribution is -2.64. The van der Waals surface area contributed by atoms with Crippen molar-refractivity contribution in [2.24, 2.45) is 39.4 Å². The minimum atomic E-state index is -2.01. The van der Waals surface area contributed by atoms with Crippen LogP contribution in [0.1, 0.15) is 94.4 Å². The molecule has 0 radical (unpaired) electrons. The zero-order chi connectivity index (χ0) is 31.8. The van der Waals surface area contributed by atoms with Crippen molar-refractivity contribution in [3.05, 3.63) is 35.6 Å². The Labute approximate surface area is 249 Å². The molecule has 0 saturated heterocycles. The Morgan fingerprint density at radius 3 is 2.31 bits per heavy atom. The largest absolute Gasteiger partial charge is 0.505 e. The Morgan fingerprint density at radius 1 is 1.10 bits per heavy atom. The third-order valence-electron chi connectivity index (χ3n) is 11.6. The number of ether oxygens (including phenoxy) is 1. The van der Waals surface area contributed by atoms with Gasteiger partial charge in [0, 0.05) is 30.1 Å². The molecule has 8 atom stereocenters. The van der Waals surface area contributed by atoms with Crippen molar-refractivity contribution in [1.29, 1.82) is 0 Å². The summed E-state index contributed by atoms with van der Waals surface area (Å²) in [5, 5.41) is 34.0. The van der Waals surface area contributed by atoms with Gasteiger partial charge in [-0.15, -0.1) is 0 Å². The maximum absolute atomic E-state index is 14.3. The standard InChI is InChI=1S/C34H48O8/c1-10-11-26(39)42-29(2,3)15-14-24(37)34(9,41)27-22(36)17-31(6)23-13-12-19-20(16-21(35)28(40)30(19,4)5)33(23,8)25(38)18-32(27,31)7/h12,14-16,20,22-23,27,35-36,41H,10-11,13,17-18H2,1-9H3/b15-14+/t20-,22-,23+,27+,31+,32-,33+,34+/m1/s1. The molecule has 0 heterocycles. The molecule has 8 nitrogen and oxygen atoms in total. The van der Waals surface area contributed by atoms with Crippen molar-refractivity contribution < 1.29 is 39.2 Å². The highest BCUT2D eigenvalue weighted by atomic mass is 16.6. The number of fused-ring (bicyclic) bond motifs is 5. The number of carbonyl (C=O) groups is 4. The number of ketones is 3. The average Bonchev–Trinajstić information content (AvgIpc) is 3.06. The molecular formula is C34H48O8. The van der Waals surface area contributed by atoms with E-state index in [2.05, 4.69) is 0 Å². The van der Waals surface area contributed by atoms with E-state index in [1.807, 2.05) is 33.8 Å². The van der Waals surface area contributed by atoms with Crippen LogP contribution in [-0.2, 0) is 23.9 Å². The molecule has 42 heavy (non-hydrogen) atoms. The van der Waals surface area contributed by atoms with Crippen molar-refractivity contribution in [1.82, 2.24) is 0 Å². The molecule has 4 rings (SSSR count). The summed E-state index contributed by atoms with van der Waals surface area (Å²) in [5.74, 6) is -3.47. The number of aliphatic hydroxyl groups is 3. The molecule has 4 aliphatic rings. The Morgan fingerprint density at radius 2 is 1.71 bits per heavy atom. The molecule has 4 aliphatic carbocycles. The first-order chi connectivity index (χ1) is 19.1. The van der Waals surface area contributed by atoms with Crippen LogP contribution in [0.2, 0.25) is 0 Å². The van der Waals surface area contributed by atoms with E-state index in [0.29, 0.717) is 12.8 Å². The topological polar surface area (TPSA) is 138 Å². The fraction of sp³-hybridized carbons (Fsp3) is 0.706. The maximum Gasteiger partial charge on any atom is 0.306 e. The van der Waals surface area contributed by atoms with Crippen molar-refractivity contribution in [2.75, 3.05) is 0 Å². The molecule has 232 valence electrons. The molecule has 8 heteroatoms. The third-order valence-corrected chi connectivity index (χ3v) is 11.6. The molecule has 0 spiro atoms. The number of Topliss-reactive ketones (excluding diaryl/α,β-unsaturated/α-hetero) is 2. The van der Waals surface area contributed by atoms with Crippen LogP contribution in [0.25, 0.3) is 0 Å². The van der Waals surface area contributed by atoms with E-state index in [9.17, 15) is 34.5 Å². The van der Waals surface area contributed by atoms with Crippen LogP contribution >= 0.6 is 0 Å². The van der Waals surface area contributed by atoms with Crippen molar-refractivity contribution in [3.8, 4) is 0 Å². The lowest BCUT2D eigenvalue weighted by atomic mass is 9.39. The second kappa shape index (κ2) is 9.98. The smallest absolute Gasteiger partial charge is 0.306 e. The number of hydrogen-bond acceptors (Lipinski definition) is 8. The molecule has 0 aromatic rings. The van der Waals surface area contributed by atoms with Crippen LogP contribution in [0.5, 0.6) is 0 Å². The second-order valence-electron chi connectivity index (χ2n) is 15.1. The van der Waals surface area contributed by atoms with Crippen molar-refractivity contribution >= 4 is 23.3 Å². The average molecular weight is 585 g/mol. The van der Waals surface area contributed by atoms with Gasteiger partial charge in [-0.2, -0.15) is 0 Å². The minimum Gasteiger partial charge on any atom is -0.505 e. The van der Waals surface area contributed by atoms with Gasteiger partial charge in [0.2, 0.25) is 5.78 Å². The summed E-state index contributed by atoms with van der Waals surface area (Å²) in [4.78, 5) is 52.8. The fourth-order valence-electron chi connectivity index (χ4n) is 9.15. The number of esters is 1. The quantitative estimate of drug-likeness (QED) is 0.217. The zero-order valence-corrected chi connectivity index (χ0v) is 26.5. The van der Waals surface area contributed by atoms with E-state index < -0.39 is 56.6 Å². The molecule has 0 aromatic heterocycles. The first kappa shape index (κ1) is 32.3. The van der Waals surface area contributed by atoms with Crippen LogP contribution in [0, 0.1) is 39.4 Å². The molecule has 0 amide bonds. The van der Waals surface area contributed by atoms with Gasteiger partial charge < -0.3 is 20.1 Å². The van der Waals surface area contributed by atoms with Crippen LogP contribution in [0.15, 0.2) is 35.6 Å². The molecule has 0 unspecified atom stereocenters. The number of hydrogen-bond donors (Lipinski definition) is 3. The maximum atomic E-state index is 14.3. The Bertz CT molecular complexity index is 1300. The Hall–Kier alpha value is -2.58. The highest BCUT2D eigenvalue weighted by Gasteiger charge is 2.74. The van der Waals surface area contributed by atoms with Crippen molar-refractivity contribution in [3.63, 3.8) is 0 Å². The summed E-state index contributed by atoms with van der Waals surface area (Å²) in [6.45, 7) is 16.0. The summed E-state index contributed by atoms with van der Waals surface area (Å²) >= 11 is 0. The lowest BCUT2D eigenvalue weighted by Gasteiger charge is -2.63. The highest BCUT2D eigenvalue weighted by Crippen LogP contribution is 2.73. The Kier molecular flexibility index (Phi) is 7.68. The summed E-state index contributed by atoms with van der Waals surface area (Å²) < 4.78 is 5.46. The molecule has 2 saturated carbocycles. The second-order valence-corrected chi connectivity index (χ2v) is 15.1. The van der Waals surface area contributed by atoms with Gasteiger partial charge in [0.25, 0.3) is 0 Å². The van der Waals surface area contributed by atoms with E-state index in [1.165, 1.54) is 25.2 Å². The molecule has 2 fully saturated rings. The normalized spacial score (nSPS) is 39.0. The molecule has 0 aromatic carbocycles. The van der Waals surface area contributed by atoms with Crippen LogP contribution in [0.3, 0.4) is 0 Å². The van der Waals surface area contributed by atoms with Gasteiger partial charge in [-0.3, -0.25) is 19.2 Å². The van der Waals surface area contributed by atoms with Crippen LogP contribution in [-0.4, -0.2) is 55.9 Å². The predicted molar refractivity (Wildman–Crippen MR) is 157 cm³/mol. The van der Waals surface area contributed by atoms with Gasteiger partial charge in [-0.05, 0) is 88.9 Å². The van der Waals surface area contributed by atoms with Crippen LogP contribution < -0.4 is 0 Å². The summed E-state index contributed by atoms with van der Waals surface area (Å²) in [5.41, 5.74) is -5.73. The zero-order valence-electron chi connectivity index (χ0n) is 26.5. The summed E-state index contributed by atoms with van der Waals surface area (Å²) in [6, 6.07) is 0. The number of rotatable bonds is 7. The predicted octanol–water partition coefficient (Wildman–Crippen LogP) is 4.97. The lowest BCUT2D eigenvalue weighted by molar-refractivity contribution is -0.179. The third kappa shape index (κ3) is 4.47. The number of carbonyl (C=O) groups excluding carboxylic acids is 4. The summed E-state index contributed by atoms with van der Waals surface area (Å²) in [7, 11) is 0. The van der Waals surface area contributed by atoms with Gasteiger partial charge in [0.15, 0.2) is 11.5 Å². The van der Waals surface area contributed by atoms with Gasteiger partial charge >= 0.3 is 5.97 Å². The van der Waals surface area contributed by atoms with Gasteiger partial charge in [0.05, 0.1) is 11.5 Å². The highest BCUT2D eigenvalue weighted by molar-refractivity contribution is 6.02. The first-order valence-electron chi connectivity index (χ1n) is 15.2. The van der Waals surface area contributed by atoms with Crippen LogP contribution in [0.4, 0.5) is 0 Å². The number of aliphatic hydroxyl groups excluding tert-OH is 2. The summed E-state index contributed by atoms with van der Waals surface area (Å²) in [6.07, 6.45) is 6.84. The monoisotopic (exact) mass is 584 g/mol. The van der Waals surface area contributed by atoms with Gasteiger partial charge in [-0.25, -0.2) is 0 Å². The Balaban J connectivity index is 1.71. The molecule has 0 bridgehead atoms. The van der Waals surface area contributed by atoms with E-state index in [0.717, 1.165) is 5.57 Å². The van der Waals surface area contributed by atoms with E-state index >= 15 is 0 Å². The molecule has 0 aliphatic heterocycles. The minimum absolute atomic E-state index is 0.0260.